The van der Waals surface area contributed by atoms with Crippen molar-refractivity contribution in [3.05, 3.63) is 68.0 Å². The predicted octanol–water partition coefficient (Wildman–Crippen LogP) is 2.12. The summed E-state index contributed by atoms with van der Waals surface area (Å²) < 4.78 is 2.97. The summed E-state index contributed by atoms with van der Waals surface area (Å²) in [6.45, 7) is 1.05. The number of hydrogen-bond acceptors (Lipinski definition) is 2. The van der Waals surface area contributed by atoms with Crippen molar-refractivity contribution in [1.29, 1.82) is 0 Å². The third-order valence-electron chi connectivity index (χ3n) is 3.55. The second kappa shape index (κ2) is 5.29. The van der Waals surface area contributed by atoms with E-state index in [1.165, 1.54) is 9.13 Å². The molecule has 104 valence electrons. The Balaban J connectivity index is 1.86. The lowest BCUT2D eigenvalue weighted by molar-refractivity contribution is 0.578. The van der Waals surface area contributed by atoms with Crippen molar-refractivity contribution in [2.75, 3.05) is 0 Å². The van der Waals surface area contributed by atoms with E-state index in [0.29, 0.717) is 24.0 Å². The summed E-state index contributed by atoms with van der Waals surface area (Å²) >= 11 is 5.82. The van der Waals surface area contributed by atoms with Crippen molar-refractivity contribution in [3.63, 3.8) is 0 Å². The molecule has 5 heteroatoms. The summed E-state index contributed by atoms with van der Waals surface area (Å²) in [6, 6.07) is 7.25. The zero-order valence-corrected chi connectivity index (χ0v) is 11.7. The topological polar surface area (TPSA) is 44.0 Å². The van der Waals surface area contributed by atoms with Gasteiger partial charge in [-0.2, -0.15) is 0 Å². The average molecular weight is 291 g/mol. The van der Waals surface area contributed by atoms with Crippen LogP contribution in [-0.2, 0) is 13.1 Å². The quantitative estimate of drug-likeness (QED) is 0.810. The van der Waals surface area contributed by atoms with Gasteiger partial charge in [-0.05, 0) is 36.5 Å². The van der Waals surface area contributed by atoms with Crippen LogP contribution in [0.4, 0.5) is 0 Å². The molecule has 1 aliphatic rings. The molecule has 3 rings (SSSR count). The van der Waals surface area contributed by atoms with Crippen molar-refractivity contribution in [1.82, 2.24) is 9.13 Å². The normalized spacial score (nSPS) is 14.4. The van der Waals surface area contributed by atoms with Crippen LogP contribution < -0.4 is 11.1 Å². The summed E-state index contributed by atoms with van der Waals surface area (Å²) in [5, 5.41) is 0.654. The monoisotopic (exact) mass is 290 g/mol. The van der Waals surface area contributed by atoms with Gasteiger partial charge in [0.1, 0.15) is 0 Å². The van der Waals surface area contributed by atoms with Crippen molar-refractivity contribution in [2.24, 2.45) is 5.92 Å². The lowest BCUT2D eigenvalue weighted by atomic mass is 10.2. The van der Waals surface area contributed by atoms with Crippen LogP contribution in [0.5, 0.6) is 0 Å². The highest BCUT2D eigenvalue weighted by Gasteiger charge is 2.22. The molecule has 0 aliphatic heterocycles. The minimum Gasteiger partial charge on any atom is -0.309 e. The molecule has 0 radical (unpaired) electrons. The Bertz CT molecular complexity index is 727. The molecule has 1 saturated carbocycles. The SMILES string of the molecule is O=c1c(=O)n(CC2CC2)ccn1Cc1ccc(Cl)cc1. The highest BCUT2D eigenvalue weighted by molar-refractivity contribution is 6.30. The van der Waals surface area contributed by atoms with Gasteiger partial charge in [0.25, 0.3) is 0 Å². The van der Waals surface area contributed by atoms with Crippen molar-refractivity contribution in [2.45, 2.75) is 25.9 Å². The fourth-order valence-corrected chi connectivity index (χ4v) is 2.30. The maximum absolute atomic E-state index is 12.1. The minimum atomic E-state index is -0.469. The Morgan fingerprint density at radius 1 is 1.00 bits per heavy atom. The Labute approximate surface area is 121 Å². The molecular weight excluding hydrogens is 276 g/mol. The van der Waals surface area contributed by atoms with Gasteiger partial charge in [-0.1, -0.05) is 23.7 Å². The molecule has 0 N–H and O–H groups in total. The van der Waals surface area contributed by atoms with E-state index in [2.05, 4.69) is 0 Å². The van der Waals surface area contributed by atoms with Gasteiger partial charge in [0.05, 0.1) is 6.54 Å². The van der Waals surface area contributed by atoms with Gasteiger partial charge in [-0.15, -0.1) is 0 Å². The second-order valence-electron chi connectivity index (χ2n) is 5.26. The first-order chi connectivity index (χ1) is 9.63. The molecule has 0 atom stereocenters. The van der Waals surface area contributed by atoms with Gasteiger partial charge >= 0.3 is 11.1 Å². The molecular formula is C15H15ClN2O2. The number of nitrogens with zero attached hydrogens (tertiary/aromatic N) is 2. The maximum atomic E-state index is 12.1. The van der Waals surface area contributed by atoms with Gasteiger partial charge in [-0.25, -0.2) is 0 Å². The fraction of sp³-hybridized carbons (Fsp3) is 0.333. The van der Waals surface area contributed by atoms with Crippen LogP contribution in [-0.4, -0.2) is 9.13 Å². The van der Waals surface area contributed by atoms with E-state index < -0.39 is 11.1 Å². The standard InChI is InChI=1S/C15H15ClN2O2/c16-13-5-3-12(4-6-13)10-18-8-7-17(9-11-1-2-11)14(19)15(18)20/h3-8,11H,1-2,9-10H2. The molecule has 1 aromatic carbocycles. The Morgan fingerprint density at radius 3 is 2.25 bits per heavy atom. The zero-order valence-electron chi connectivity index (χ0n) is 11.0. The number of halogens is 1. The van der Waals surface area contributed by atoms with E-state index in [1.807, 2.05) is 12.1 Å². The molecule has 20 heavy (non-hydrogen) atoms. The Morgan fingerprint density at radius 2 is 1.60 bits per heavy atom. The van der Waals surface area contributed by atoms with E-state index >= 15 is 0 Å². The number of benzene rings is 1. The molecule has 0 spiro atoms. The van der Waals surface area contributed by atoms with Gasteiger partial charge in [0, 0.05) is 24.0 Å². The molecule has 2 aromatic rings. The fourth-order valence-electron chi connectivity index (χ4n) is 2.18. The van der Waals surface area contributed by atoms with Crippen molar-refractivity contribution < 1.29 is 0 Å². The van der Waals surface area contributed by atoms with Crippen LogP contribution in [0.3, 0.4) is 0 Å². The third kappa shape index (κ3) is 2.85. The number of hydrogen-bond donors (Lipinski definition) is 0. The molecule has 1 aromatic heterocycles. The van der Waals surface area contributed by atoms with Crippen LogP contribution in [0.1, 0.15) is 18.4 Å². The van der Waals surface area contributed by atoms with Gasteiger partial charge in [0.2, 0.25) is 0 Å². The predicted molar refractivity (Wildman–Crippen MR) is 78.2 cm³/mol. The summed E-state index contributed by atoms with van der Waals surface area (Å²) in [5.74, 6) is 0.569. The largest absolute Gasteiger partial charge is 0.316 e. The minimum absolute atomic E-state index is 0.384. The lowest BCUT2D eigenvalue weighted by Gasteiger charge is -2.08. The van der Waals surface area contributed by atoms with Crippen LogP contribution in [0.15, 0.2) is 46.2 Å². The van der Waals surface area contributed by atoms with Crippen molar-refractivity contribution in [3.8, 4) is 0 Å². The summed E-state index contributed by atoms with van der Waals surface area (Å²) in [5.41, 5.74) is 0.0345. The highest BCUT2D eigenvalue weighted by atomic mass is 35.5. The van der Waals surface area contributed by atoms with E-state index in [9.17, 15) is 9.59 Å². The molecule has 1 heterocycles. The van der Waals surface area contributed by atoms with Crippen LogP contribution in [0.25, 0.3) is 0 Å². The van der Waals surface area contributed by atoms with Crippen LogP contribution in [0, 0.1) is 5.92 Å². The van der Waals surface area contributed by atoms with Gasteiger partial charge in [0.15, 0.2) is 0 Å². The highest BCUT2D eigenvalue weighted by Crippen LogP contribution is 2.29. The second-order valence-corrected chi connectivity index (χ2v) is 5.69. The van der Waals surface area contributed by atoms with Crippen LogP contribution in [0.2, 0.25) is 5.02 Å². The van der Waals surface area contributed by atoms with Gasteiger partial charge in [-0.3, -0.25) is 9.59 Å². The van der Waals surface area contributed by atoms with Crippen LogP contribution >= 0.6 is 11.6 Å². The first kappa shape index (κ1) is 13.2. The van der Waals surface area contributed by atoms with Gasteiger partial charge < -0.3 is 9.13 Å². The molecule has 4 nitrogen and oxygen atoms in total. The summed E-state index contributed by atoms with van der Waals surface area (Å²) in [7, 11) is 0. The average Bonchev–Trinajstić information content (AvgIpc) is 3.25. The first-order valence-corrected chi connectivity index (χ1v) is 7.05. The molecule has 0 saturated heterocycles. The Hall–Kier alpha value is -1.81. The maximum Gasteiger partial charge on any atom is 0.316 e. The van der Waals surface area contributed by atoms with E-state index in [0.717, 1.165) is 18.4 Å². The third-order valence-corrected chi connectivity index (χ3v) is 3.80. The first-order valence-electron chi connectivity index (χ1n) is 6.68. The summed E-state index contributed by atoms with van der Waals surface area (Å²) in [4.78, 5) is 24.1. The molecule has 0 bridgehead atoms. The zero-order chi connectivity index (χ0) is 14.1. The molecule has 0 amide bonds. The van der Waals surface area contributed by atoms with Crippen molar-refractivity contribution >= 4 is 11.6 Å². The van der Waals surface area contributed by atoms with E-state index in [1.54, 1.807) is 24.5 Å². The van der Waals surface area contributed by atoms with E-state index in [-0.39, 0.29) is 0 Å². The summed E-state index contributed by atoms with van der Waals surface area (Å²) in [6.07, 6.45) is 5.69. The van der Waals surface area contributed by atoms with E-state index in [4.69, 9.17) is 11.6 Å². The smallest absolute Gasteiger partial charge is 0.309 e. The lowest BCUT2D eigenvalue weighted by Crippen LogP contribution is -2.41. The molecule has 0 unspecified atom stereocenters. The Kier molecular flexibility index (Phi) is 3.49. The number of rotatable bonds is 4. The number of aromatic nitrogens is 2. The molecule has 1 fully saturated rings. The molecule has 1 aliphatic carbocycles.